The predicted molar refractivity (Wildman–Crippen MR) is 121 cm³/mol. The Morgan fingerprint density at radius 1 is 1.16 bits per heavy atom. The quantitative estimate of drug-likeness (QED) is 0.505. The largest absolute Gasteiger partial charge is 0.381 e. The smallest absolute Gasteiger partial charge is 0.250 e. The third-order valence-electron chi connectivity index (χ3n) is 6.42. The number of benzene rings is 2. The molecule has 1 fully saturated rings. The van der Waals surface area contributed by atoms with E-state index in [0.29, 0.717) is 22.8 Å². The van der Waals surface area contributed by atoms with Gasteiger partial charge in [0, 0.05) is 18.8 Å². The minimum Gasteiger partial charge on any atom is -0.381 e. The number of carbonyl (C=O) groups excluding carboxylic acids is 1. The second-order valence-corrected chi connectivity index (χ2v) is 8.41. The summed E-state index contributed by atoms with van der Waals surface area (Å²) in [5.74, 6) is 0.590. The number of imidazole rings is 1. The molecule has 0 radical (unpaired) electrons. The summed E-state index contributed by atoms with van der Waals surface area (Å²) >= 11 is 0. The fourth-order valence-corrected chi connectivity index (χ4v) is 4.92. The van der Waals surface area contributed by atoms with Gasteiger partial charge in [0.05, 0.1) is 29.1 Å². The molecule has 0 spiro atoms. The van der Waals surface area contributed by atoms with Crippen molar-refractivity contribution < 1.29 is 14.1 Å². The van der Waals surface area contributed by atoms with Crippen molar-refractivity contribution in [2.45, 2.75) is 32.7 Å². The molecule has 2 aromatic heterocycles. The summed E-state index contributed by atoms with van der Waals surface area (Å²) in [6.07, 6.45) is 3.76. The van der Waals surface area contributed by atoms with Gasteiger partial charge in [0.15, 0.2) is 0 Å². The number of amides is 1. The van der Waals surface area contributed by atoms with Crippen LogP contribution in [0.4, 0.5) is 0 Å². The Morgan fingerprint density at radius 2 is 1.91 bits per heavy atom. The van der Waals surface area contributed by atoms with Crippen molar-refractivity contribution in [2.75, 3.05) is 13.2 Å². The molecule has 2 aromatic carbocycles. The number of carbonyl (C=O) groups is 1. The van der Waals surface area contributed by atoms with E-state index >= 15 is 0 Å². The molecule has 0 bridgehead atoms. The average Bonchev–Trinajstić information content (AvgIpc) is 3.37. The highest BCUT2D eigenvalue weighted by molar-refractivity contribution is 6.06. The molecule has 3 heterocycles. The SMILES string of the molecule is Cc1noc(C)c1-c1cc(C(N)=O)c2ncn(C(c3ccccc3)C3CCOCC3)c2c1. The van der Waals surface area contributed by atoms with E-state index in [1.54, 1.807) is 6.07 Å². The van der Waals surface area contributed by atoms with E-state index in [-0.39, 0.29) is 6.04 Å². The van der Waals surface area contributed by atoms with E-state index in [9.17, 15) is 4.79 Å². The zero-order valence-electron chi connectivity index (χ0n) is 18.2. The molecule has 1 amide bonds. The van der Waals surface area contributed by atoms with Crippen LogP contribution in [0.2, 0.25) is 0 Å². The number of hydrogen-bond acceptors (Lipinski definition) is 5. The van der Waals surface area contributed by atoms with Crippen molar-refractivity contribution in [3.63, 3.8) is 0 Å². The average molecular weight is 431 g/mol. The Morgan fingerprint density at radius 3 is 2.56 bits per heavy atom. The van der Waals surface area contributed by atoms with Crippen LogP contribution in [-0.2, 0) is 4.74 Å². The lowest BCUT2D eigenvalue weighted by molar-refractivity contribution is 0.0547. The van der Waals surface area contributed by atoms with Gasteiger partial charge in [0.1, 0.15) is 11.3 Å². The maximum absolute atomic E-state index is 12.4. The van der Waals surface area contributed by atoms with Crippen molar-refractivity contribution in [3.8, 4) is 11.1 Å². The molecule has 7 heteroatoms. The normalized spacial score (nSPS) is 15.8. The van der Waals surface area contributed by atoms with Gasteiger partial charge in [-0.2, -0.15) is 0 Å². The zero-order valence-corrected chi connectivity index (χ0v) is 18.2. The highest BCUT2D eigenvalue weighted by atomic mass is 16.5. The van der Waals surface area contributed by atoms with Crippen LogP contribution in [0, 0.1) is 19.8 Å². The molecule has 1 aliphatic heterocycles. The molecule has 1 saturated heterocycles. The van der Waals surface area contributed by atoms with Crippen LogP contribution < -0.4 is 5.73 Å². The molecule has 0 aliphatic carbocycles. The van der Waals surface area contributed by atoms with Crippen LogP contribution in [0.25, 0.3) is 22.2 Å². The molecule has 1 unspecified atom stereocenters. The fraction of sp³-hybridized carbons (Fsp3) is 0.320. The fourth-order valence-electron chi connectivity index (χ4n) is 4.92. The monoisotopic (exact) mass is 430 g/mol. The van der Waals surface area contributed by atoms with Gasteiger partial charge in [-0.15, -0.1) is 0 Å². The van der Waals surface area contributed by atoms with Crippen LogP contribution in [0.5, 0.6) is 0 Å². The molecule has 0 saturated carbocycles. The molecule has 7 nitrogen and oxygen atoms in total. The molecular weight excluding hydrogens is 404 g/mol. The van der Waals surface area contributed by atoms with Crippen molar-refractivity contribution in [1.82, 2.24) is 14.7 Å². The Hall–Kier alpha value is -3.45. The number of hydrogen-bond donors (Lipinski definition) is 1. The Bertz CT molecular complexity index is 1250. The van der Waals surface area contributed by atoms with Crippen LogP contribution in [0.1, 0.15) is 46.3 Å². The molecular formula is C25H26N4O3. The Kier molecular flexibility index (Phi) is 5.27. The van der Waals surface area contributed by atoms with E-state index in [4.69, 9.17) is 15.0 Å². The zero-order chi connectivity index (χ0) is 22.2. The lowest BCUT2D eigenvalue weighted by Crippen LogP contribution is -2.26. The summed E-state index contributed by atoms with van der Waals surface area (Å²) in [7, 11) is 0. The van der Waals surface area contributed by atoms with Gasteiger partial charge in [-0.05, 0) is 55.9 Å². The summed E-state index contributed by atoms with van der Waals surface area (Å²) in [5, 5.41) is 4.09. The predicted octanol–water partition coefficient (Wildman–Crippen LogP) is 4.42. The summed E-state index contributed by atoms with van der Waals surface area (Å²) in [6.45, 7) is 5.26. The standard InChI is InChI=1S/C25H26N4O3/c1-15-22(16(2)32-28-15)19-12-20(25(26)30)23-21(13-19)29(14-27-23)24(17-6-4-3-5-7-17)18-8-10-31-11-9-18/h3-7,12-14,18,24H,8-11H2,1-2H3,(H2,26,30). The highest BCUT2D eigenvalue weighted by Gasteiger charge is 2.29. The first-order chi connectivity index (χ1) is 15.5. The second-order valence-electron chi connectivity index (χ2n) is 8.41. The van der Waals surface area contributed by atoms with Gasteiger partial charge in [-0.3, -0.25) is 4.79 Å². The maximum atomic E-state index is 12.4. The summed E-state index contributed by atoms with van der Waals surface area (Å²) in [4.78, 5) is 17.0. The number of rotatable bonds is 5. The summed E-state index contributed by atoms with van der Waals surface area (Å²) in [5.41, 5.74) is 11.4. The van der Waals surface area contributed by atoms with E-state index in [1.165, 1.54) is 5.56 Å². The first kappa shape index (κ1) is 20.5. The highest BCUT2D eigenvalue weighted by Crippen LogP contribution is 2.38. The number of nitrogens with two attached hydrogens (primary N) is 1. The molecule has 5 rings (SSSR count). The topological polar surface area (TPSA) is 96.2 Å². The van der Waals surface area contributed by atoms with Crippen molar-refractivity contribution in [3.05, 3.63) is 71.4 Å². The van der Waals surface area contributed by atoms with Gasteiger partial charge >= 0.3 is 0 Å². The molecule has 1 aliphatic rings. The lowest BCUT2D eigenvalue weighted by Gasteiger charge is -2.32. The summed E-state index contributed by atoms with van der Waals surface area (Å²) < 4.78 is 13.2. The van der Waals surface area contributed by atoms with E-state index in [0.717, 1.165) is 48.4 Å². The third-order valence-corrected chi connectivity index (χ3v) is 6.42. The van der Waals surface area contributed by atoms with Crippen LogP contribution >= 0.6 is 0 Å². The number of nitrogens with zero attached hydrogens (tertiary/aromatic N) is 3. The number of aryl methyl sites for hydroxylation is 2. The van der Waals surface area contributed by atoms with Crippen LogP contribution in [-0.4, -0.2) is 33.8 Å². The van der Waals surface area contributed by atoms with Gasteiger partial charge in [0.2, 0.25) is 0 Å². The Balaban J connectivity index is 1.75. The van der Waals surface area contributed by atoms with Gasteiger partial charge < -0.3 is 19.6 Å². The van der Waals surface area contributed by atoms with Crippen molar-refractivity contribution in [1.29, 1.82) is 0 Å². The van der Waals surface area contributed by atoms with Crippen LogP contribution in [0.15, 0.2) is 53.3 Å². The molecule has 164 valence electrons. The Labute approximate surface area is 186 Å². The van der Waals surface area contributed by atoms with Crippen LogP contribution in [0.3, 0.4) is 0 Å². The van der Waals surface area contributed by atoms with E-state index in [2.05, 4.69) is 45.0 Å². The molecule has 2 N–H and O–H groups in total. The molecule has 32 heavy (non-hydrogen) atoms. The third kappa shape index (κ3) is 3.48. The number of ether oxygens (including phenoxy) is 1. The summed E-state index contributed by atoms with van der Waals surface area (Å²) in [6, 6.07) is 14.4. The van der Waals surface area contributed by atoms with Crippen molar-refractivity contribution >= 4 is 16.9 Å². The number of aromatic nitrogens is 3. The minimum atomic E-state index is -0.504. The molecule has 4 aromatic rings. The van der Waals surface area contributed by atoms with Gasteiger partial charge in [-0.25, -0.2) is 4.98 Å². The number of fused-ring (bicyclic) bond motifs is 1. The maximum Gasteiger partial charge on any atom is 0.250 e. The van der Waals surface area contributed by atoms with Crippen molar-refractivity contribution in [2.24, 2.45) is 11.7 Å². The van der Waals surface area contributed by atoms with Gasteiger partial charge in [-0.1, -0.05) is 35.5 Å². The number of primary amides is 1. The van der Waals surface area contributed by atoms with Gasteiger partial charge in [0.25, 0.3) is 5.91 Å². The molecule has 1 atom stereocenters. The minimum absolute atomic E-state index is 0.0748. The van der Waals surface area contributed by atoms with E-state index in [1.807, 2.05) is 26.2 Å². The van der Waals surface area contributed by atoms with E-state index < -0.39 is 5.91 Å². The lowest BCUT2D eigenvalue weighted by atomic mass is 9.86. The first-order valence-electron chi connectivity index (χ1n) is 10.9. The first-order valence-corrected chi connectivity index (χ1v) is 10.9. The second kappa shape index (κ2) is 8.24.